The summed E-state index contributed by atoms with van der Waals surface area (Å²) in [5.41, 5.74) is 3.19. The number of hydrogen-bond acceptors (Lipinski definition) is 8. The minimum absolute atomic E-state index is 0.220. The summed E-state index contributed by atoms with van der Waals surface area (Å²) in [7, 11) is 0. The van der Waals surface area contributed by atoms with Crippen molar-refractivity contribution in [3.8, 4) is 17.2 Å². The molecular formula is C32H33N3O7. The molecular weight excluding hydrogens is 538 g/mol. The lowest BCUT2D eigenvalue weighted by Crippen LogP contribution is -2.21. The number of carbonyl (C=O) groups is 3. The van der Waals surface area contributed by atoms with Gasteiger partial charge in [-0.1, -0.05) is 6.07 Å². The Kier molecular flexibility index (Phi) is 9.94. The Morgan fingerprint density at radius 3 is 2.24 bits per heavy atom. The highest BCUT2D eigenvalue weighted by Gasteiger charge is 2.29. The van der Waals surface area contributed by atoms with Crippen molar-refractivity contribution in [2.45, 2.75) is 27.7 Å². The monoisotopic (exact) mass is 571 g/mol. The summed E-state index contributed by atoms with van der Waals surface area (Å²) in [5, 5.41) is 8.49. The number of esters is 1. The van der Waals surface area contributed by atoms with Gasteiger partial charge in [-0.15, -0.1) is 0 Å². The fourth-order valence-corrected chi connectivity index (χ4v) is 4.12. The Bertz CT molecular complexity index is 1500. The molecule has 1 aliphatic heterocycles. The molecule has 0 radical (unpaired) electrons. The molecule has 1 heterocycles. The Balaban J connectivity index is 1.43. The van der Waals surface area contributed by atoms with Crippen LogP contribution in [0.3, 0.4) is 0 Å². The molecule has 10 nitrogen and oxygen atoms in total. The van der Waals surface area contributed by atoms with E-state index in [2.05, 4.69) is 10.4 Å². The molecule has 1 N–H and O–H groups in total. The first-order valence-electron chi connectivity index (χ1n) is 13.6. The van der Waals surface area contributed by atoms with E-state index in [0.29, 0.717) is 58.5 Å². The first-order chi connectivity index (χ1) is 20.3. The van der Waals surface area contributed by atoms with Crippen molar-refractivity contribution in [1.29, 1.82) is 0 Å². The number of amides is 2. The maximum Gasteiger partial charge on any atom is 0.338 e. The van der Waals surface area contributed by atoms with Gasteiger partial charge in [0.1, 0.15) is 5.75 Å². The summed E-state index contributed by atoms with van der Waals surface area (Å²) in [6.45, 7) is 8.24. The van der Waals surface area contributed by atoms with Crippen molar-refractivity contribution < 1.29 is 33.3 Å². The third-order valence-corrected chi connectivity index (χ3v) is 6.07. The molecule has 0 atom stereocenters. The van der Waals surface area contributed by atoms with Crippen molar-refractivity contribution in [3.63, 3.8) is 0 Å². The largest absolute Gasteiger partial charge is 0.494 e. The summed E-state index contributed by atoms with van der Waals surface area (Å²) in [5.74, 6) is 0.496. The van der Waals surface area contributed by atoms with Gasteiger partial charge in [0.05, 0.1) is 42.4 Å². The van der Waals surface area contributed by atoms with E-state index in [4.69, 9.17) is 18.9 Å². The molecule has 218 valence electrons. The highest BCUT2D eigenvalue weighted by atomic mass is 16.5. The number of carbonyl (C=O) groups excluding carboxylic acids is 3. The van der Waals surface area contributed by atoms with Gasteiger partial charge in [-0.3, -0.25) is 9.59 Å². The van der Waals surface area contributed by atoms with Gasteiger partial charge in [-0.05, 0) is 100.0 Å². The third-order valence-electron chi connectivity index (χ3n) is 6.07. The van der Waals surface area contributed by atoms with Crippen molar-refractivity contribution >= 4 is 40.9 Å². The molecule has 42 heavy (non-hydrogen) atoms. The van der Waals surface area contributed by atoms with E-state index in [1.807, 2.05) is 13.8 Å². The zero-order chi connectivity index (χ0) is 30.1. The zero-order valence-electron chi connectivity index (χ0n) is 24.0. The van der Waals surface area contributed by atoms with Gasteiger partial charge in [0, 0.05) is 5.69 Å². The number of benzene rings is 3. The number of hydrogen-bond donors (Lipinski definition) is 1. The highest BCUT2D eigenvalue weighted by Crippen LogP contribution is 2.31. The minimum Gasteiger partial charge on any atom is -0.494 e. The first kappa shape index (κ1) is 29.9. The fourth-order valence-electron chi connectivity index (χ4n) is 4.12. The number of anilines is 2. The van der Waals surface area contributed by atoms with Gasteiger partial charge in [-0.25, -0.2) is 4.79 Å². The standard InChI is InChI=1S/C32H33N3O7/c1-5-39-26-15-11-24(12-16-26)33-30(36)20-42-28-17-8-22(19-29(28)40-6-2)18-27-21(4)34-35(31(27)37)25-13-9-23(10-14-25)32(38)41-7-3/h8-19H,5-7,20H2,1-4H3,(H,33,36)/b27-18+. The molecule has 4 rings (SSSR count). The second kappa shape index (κ2) is 14.0. The normalized spacial score (nSPS) is 13.5. The number of nitrogens with zero attached hydrogens (tertiary/aromatic N) is 2. The Labute approximate surface area is 244 Å². The number of nitrogens with one attached hydrogen (secondary N) is 1. The van der Waals surface area contributed by atoms with Gasteiger partial charge in [0.15, 0.2) is 18.1 Å². The number of hydrazone groups is 1. The van der Waals surface area contributed by atoms with E-state index in [-0.39, 0.29) is 25.0 Å². The van der Waals surface area contributed by atoms with E-state index in [1.165, 1.54) is 5.01 Å². The van der Waals surface area contributed by atoms with Gasteiger partial charge in [0.2, 0.25) is 0 Å². The molecule has 3 aromatic carbocycles. The van der Waals surface area contributed by atoms with Crippen LogP contribution in [0.2, 0.25) is 0 Å². The lowest BCUT2D eigenvalue weighted by molar-refractivity contribution is -0.118. The molecule has 0 spiro atoms. The Morgan fingerprint density at radius 1 is 0.857 bits per heavy atom. The molecule has 1 aliphatic rings. The Hall–Kier alpha value is -5.12. The van der Waals surface area contributed by atoms with E-state index in [0.717, 1.165) is 5.75 Å². The van der Waals surface area contributed by atoms with Crippen LogP contribution in [0.15, 0.2) is 77.4 Å². The predicted octanol–water partition coefficient (Wildman–Crippen LogP) is 5.48. The lowest BCUT2D eigenvalue weighted by Gasteiger charge is -2.13. The Morgan fingerprint density at radius 2 is 1.57 bits per heavy atom. The second-order valence-electron chi connectivity index (χ2n) is 9.06. The van der Waals surface area contributed by atoms with Gasteiger partial charge in [0.25, 0.3) is 11.8 Å². The molecule has 0 saturated heterocycles. The maximum absolute atomic E-state index is 13.2. The van der Waals surface area contributed by atoms with Crippen molar-refractivity contribution in [2.75, 3.05) is 36.8 Å². The first-order valence-corrected chi connectivity index (χ1v) is 13.6. The van der Waals surface area contributed by atoms with Crippen LogP contribution in [-0.2, 0) is 14.3 Å². The van der Waals surface area contributed by atoms with Crippen LogP contribution < -0.4 is 24.5 Å². The zero-order valence-corrected chi connectivity index (χ0v) is 24.0. The molecule has 0 saturated carbocycles. The molecule has 0 bridgehead atoms. The summed E-state index contributed by atoms with van der Waals surface area (Å²) >= 11 is 0. The van der Waals surface area contributed by atoms with Crippen LogP contribution in [0.25, 0.3) is 6.08 Å². The van der Waals surface area contributed by atoms with E-state index < -0.39 is 5.97 Å². The van der Waals surface area contributed by atoms with Crippen molar-refractivity contribution in [3.05, 3.63) is 83.4 Å². The van der Waals surface area contributed by atoms with Crippen molar-refractivity contribution in [1.82, 2.24) is 0 Å². The molecule has 0 aliphatic carbocycles. The topological polar surface area (TPSA) is 116 Å². The average molecular weight is 572 g/mol. The third kappa shape index (κ3) is 7.34. The van der Waals surface area contributed by atoms with Crippen LogP contribution in [0, 0.1) is 0 Å². The molecule has 10 heteroatoms. The summed E-state index contributed by atoms with van der Waals surface area (Å²) in [4.78, 5) is 37.7. The van der Waals surface area contributed by atoms with E-state index in [9.17, 15) is 14.4 Å². The van der Waals surface area contributed by atoms with Gasteiger partial charge in [-0.2, -0.15) is 10.1 Å². The van der Waals surface area contributed by atoms with Crippen LogP contribution in [0.1, 0.15) is 43.6 Å². The minimum atomic E-state index is -0.428. The van der Waals surface area contributed by atoms with Crippen molar-refractivity contribution in [2.24, 2.45) is 5.10 Å². The predicted molar refractivity (Wildman–Crippen MR) is 160 cm³/mol. The second-order valence-corrected chi connectivity index (χ2v) is 9.06. The molecule has 0 unspecified atom stereocenters. The molecule has 0 aromatic heterocycles. The highest BCUT2D eigenvalue weighted by molar-refractivity contribution is 6.32. The average Bonchev–Trinajstić information content (AvgIpc) is 3.26. The van der Waals surface area contributed by atoms with E-state index in [1.54, 1.807) is 86.7 Å². The summed E-state index contributed by atoms with van der Waals surface area (Å²) in [6, 6.07) is 18.8. The number of ether oxygens (including phenoxy) is 4. The van der Waals surface area contributed by atoms with Gasteiger partial charge >= 0.3 is 5.97 Å². The molecule has 3 aromatic rings. The lowest BCUT2D eigenvalue weighted by atomic mass is 10.1. The number of rotatable bonds is 12. The fraction of sp³-hybridized carbons (Fsp3) is 0.250. The van der Waals surface area contributed by atoms with Crippen LogP contribution in [0.4, 0.5) is 11.4 Å². The van der Waals surface area contributed by atoms with Crippen LogP contribution in [0.5, 0.6) is 17.2 Å². The SMILES string of the molecule is CCOC(=O)c1ccc(N2N=C(C)/C(=C\c3ccc(OCC(=O)Nc4ccc(OCC)cc4)c(OCC)c3)C2=O)cc1. The van der Waals surface area contributed by atoms with E-state index >= 15 is 0 Å². The van der Waals surface area contributed by atoms with Crippen LogP contribution >= 0.6 is 0 Å². The molecule has 2 amide bonds. The van der Waals surface area contributed by atoms with Crippen LogP contribution in [-0.4, -0.2) is 49.9 Å². The smallest absolute Gasteiger partial charge is 0.338 e. The molecule has 0 fully saturated rings. The quantitative estimate of drug-likeness (QED) is 0.226. The summed E-state index contributed by atoms with van der Waals surface area (Å²) < 4.78 is 21.9. The van der Waals surface area contributed by atoms with Gasteiger partial charge < -0.3 is 24.3 Å². The summed E-state index contributed by atoms with van der Waals surface area (Å²) in [6.07, 6.45) is 1.72. The maximum atomic E-state index is 13.2.